The van der Waals surface area contributed by atoms with Crippen LogP contribution in [0, 0.1) is 5.92 Å². The van der Waals surface area contributed by atoms with Crippen LogP contribution in [0.25, 0.3) is 0 Å². The van der Waals surface area contributed by atoms with Crippen molar-refractivity contribution in [2.45, 2.75) is 20.3 Å². The van der Waals surface area contributed by atoms with Gasteiger partial charge in [0, 0.05) is 5.33 Å². The summed E-state index contributed by atoms with van der Waals surface area (Å²) in [6.07, 6.45) is 5.55. The van der Waals surface area contributed by atoms with E-state index in [9.17, 15) is 0 Å². The number of hydrogen-bond donors (Lipinski definition) is 0. The number of halogens is 1. The summed E-state index contributed by atoms with van der Waals surface area (Å²) in [6, 6.07) is 0. The summed E-state index contributed by atoms with van der Waals surface area (Å²) in [5, 5.41) is 0.986. The molecule has 0 aromatic heterocycles. The minimum absolute atomic E-state index is 0.797. The van der Waals surface area contributed by atoms with E-state index in [1.165, 1.54) is 6.42 Å². The molecule has 0 heterocycles. The van der Waals surface area contributed by atoms with Gasteiger partial charge in [-0.25, -0.2) is 0 Å². The average Bonchev–Trinajstić information content (AvgIpc) is 1.66. The molecule has 0 nitrogen and oxygen atoms in total. The first-order chi connectivity index (χ1) is 3.77. The second kappa shape index (κ2) is 5.36. The molecule has 0 aliphatic rings. The van der Waals surface area contributed by atoms with Crippen LogP contribution >= 0.6 is 15.9 Å². The van der Waals surface area contributed by atoms with E-state index in [2.05, 4.69) is 41.9 Å². The van der Waals surface area contributed by atoms with Gasteiger partial charge >= 0.3 is 0 Å². The van der Waals surface area contributed by atoms with E-state index in [0.717, 1.165) is 11.2 Å². The Morgan fingerprint density at radius 3 is 2.38 bits per heavy atom. The van der Waals surface area contributed by atoms with Gasteiger partial charge in [0.05, 0.1) is 0 Å². The molecule has 0 aromatic carbocycles. The van der Waals surface area contributed by atoms with Crippen molar-refractivity contribution in [2.24, 2.45) is 5.92 Å². The SMILES string of the molecule is CC(C)C/C=C/CBr. The van der Waals surface area contributed by atoms with Crippen LogP contribution in [0.2, 0.25) is 0 Å². The molecule has 1 heteroatoms. The van der Waals surface area contributed by atoms with E-state index in [4.69, 9.17) is 0 Å². The van der Waals surface area contributed by atoms with Crippen molar-refractivity contribution in [3.63, 3.8) is 0 Å². The average molecular weight is 177 g/mol. The zero-order valence-electron chi connectivity index (χ0n) is 5.52. The van der Waals surface area contributed by atoms with Gasteiger partial charge in [-0.1, -0.05) is 41.9 Å². The molecule has 0 fully saturated rings. The summed E-state index contributed by atoms with van der Waals surface area (Å²) in [5.74, 6) is 0.797. The van der Waals surface area contributed by atoms with Crippen molar-refractivity contribution in [1.29, 1.82) is 0 Å². The molecule has 0 rings (SSSR count). The van der Waals surface area contributed by atoms with Gasteiger partial charge in [-0.05, 0) is 12.3 Å². The van der Waals surface area contributed by atoms with E-state index in [-0.39, 0.29) is 0 Å². The number of allylic oxidation sites excluding steroid dienone is 2. The van der Waals surface area contributed by atoms with Gasteiger partial charge in [-0.15, -0.1) is 0 Å². The topological polar surface area (TPSA) is 0 Å². The Labute approximate surface area is 60.1 Å². The van der Waals surface area contributed by atoms with Crippen molar-refractivity contribution >= 4 is 15.9 Å². The van der Waals surface area contributed by atoms with Crippen LogP contribution in [0.15, 0.2) is 12.2 Å². The highest BCUT2D eigenvalue weighted by atomic mass is 79.9. The third kappa shape index (κ3) is 6.22. The molecular formula is C7H13Br. The fraction of sp³-hybridized carbons (Fsp3) is 0.714. The minimum atomic E-state index is 0.797. The molecule has 0 atom stereocenters. The molecule has 48 valence electrons. The van der Waals surface area contributed by atoms with Crippen molar-refractivity contribution in [3.8, 4) is 0 Å². The molecule has 0 bridgehead atoms. The maximum atomic E-state index is 3.31. The van der Waals surface area contributed by atoms with Gasteiger partial charge in [0.2, 0.25) is 0 Å². The summed E-state index contributed by atoms with van der Waals surface area (Å²) in [6.45, 7) is 4.44. The monoisotopic (exact) mass is 176 g/mol. The number of rotatable bonds is 3. The fourth-order valence-electron chi connectivity index (χ4n) is 0.431. The Kier molecular flexibility index (Phi) is 5.51. The van der Waals surface area contributed by atoms with Crippen LogP contribution in [0.3, 0.4) is 0 Å². The Hall–Kier alpha value is 0.220. The third-order valence-corrected chi connectivity index (χ3v) is 1.24. The zero-order chi connectivity index (χ0) is 6.41. The lowest BCUT2D eigenvalue weighted by Gasteiger charge is -1.94. The van der Waals surface area contributed by atoms with Crippen LogP contribution in [0.5, 0.6) is 0 Å². The van der Waals surface area contributed by atoms with Gasteiger partial charge < -0.3 is 0 Å². The van der Waals surface area contributed by atoms with Gasteiger partial charge in [0.25, 0.3) is 0 Å². The minimum Gasteiger partial charge on any atom is -0.0883 e. The zero-order valence-corrected chi connectivity index (χ0v) is 7.11. The normalized spacial score (nSPS) is 11.5. The molecule has 0 unspecified atom stereocenters. The molecule has 0 aromatic rings. The van der Waals surface area contributed by atoms with Crippen LogP contribution in [-0.2, 0) is 0 Å². The second-order valence-electron chi connectivity index (χ2n) is 2.26. The fourth-order valence-corrected chi connectivity index (χ4v) is 0.696. The van der Waals surface area contributed by atoms with Gasteiger partial charge in [-0.3, -0.25) is 0 Å². The first-order valence-corrected chi connectivity index (χ1v) is 4.10. The molecule has 8 heavy (non-hydrogen) atoms. The van der Waals surface area contributed by atoms with E-state index in [1.807, 2.05) is 0 Å². The van der Waals surface area contributed by atoms with E-state index in [0.29, 0.717) is 0 Å². The van der Waals surface area contributed by atoms with E-state index < -0.39 is 0 Å². The highest BCUT2D eigenvalue weighted by Gasteiger charge is 1.84. The first kappa shape index (κ1) is 8.22. The molecule has 0 aliphatic heterocycles. The smallest absolute Gasteiger partial charge is 0.0212 e. The van der Waals surface area contributed by atoms with Gasteiger partial charge in [0.15, 0.2) is 0 Å². The molecule has 0 saturated carbocycles. The summed E-state index contributed by atoms with van der Waals surface area (Å²) in [5.41, 5.74) is 0. The maximum Gasteiger partial charge on any atom is 0.0212 e. The summed E-state index contributed by atoms with van der Waals surface area (Å²) in [4.78, 5) is 0. The molecular weight excluding hydrogens is 164 g/mol. The van der Waals surface area contributed by atoms with Crippen LogP contribution < -0.4 is 0 Å². The Bertz CT molecular complexity index is 64.8. The van der Waals surface area contributed by atoms with Crippen molar-refractivity contribution in [2.75, 3.05) is 5.33 Å². The van der Waals surface area contributed by atoms with Crippen molar-refractivity contribution in [3.05, 3.63) is 12.2 Å². The lowest BCUT2D eigenvalue weighted by Crippen LogP contribution is -1.80. The largest absolute Gasteiger partial charge is 0.0883 e. The molecule has 0 saturated heterocycles. The molecule has 0 N–H and O–H groups in total. The van der Waals surface area contributed by atoms with Crippen molar-refractivity contribution in [1.82, 2.24) is 0 Å². The summed E-state index contributed by atoms with van der Waals surface area (Å²) >= 11 is 3.31. The highest BCUT2D eigenvalue weighted by molar-refractivity contribution is 9.09. The Morgan fingerprint density at radius 2 is 2.00 bits per heavy atom. The van der Waals surface area contributed by atoms with Crippen LogP contribution in [-0.4, -0.2) is 5.33 Å². The standard InChI is InChI=1S/C7H13Br/c1-7(2)5-3-4-6-8/h3-4,7H,5-6H2,1-2H3/b4-3+. The van der Waals surface area contributed by atoms with Crippen LogP contribution in [0.4, 0.5) is 0 Å². The quantitative estimate of drug-likeness (QED) is 0.459. The lowest BCUT2D eigenvalue weighted by atomic mass is 10.1. The van der Waals surface area contributed by atoms with Crippen LogP contribution in [0.1, 0.15) is 20.3 Å². The Balaban J connectivity index is 3.03. The predicted molar refractivity (Wildman–Crippen MR) is 42.4 cm³/mol. The van der Waals surface area contributed by atoms with Gasteiger partial charge in [0.1, 0.15) is 0 Å². The number of hydrogen-bond acceptors (Lipinski definition) is 0. The summed E-state index contributed by atoms with van der Waals surface area (Å²) in [7, 11) is 0. The molecule has 0 aliphatic carbocycles. The molecule has 0 amide bonds. The second-order valence-corrected chi connectivity index (χ2v) is 2.90. The number of alkyl halides is 1. The summed E-state index contributed by atoms with van der Waals surface area (Å²) < 4.78 is 0. The predicted octanol–water partition coefficient (Wildman–Crippen LogP) is 2.98. The van der Waals surface area contributed by atoms with E-state index in [1.54, 1.807) is 0 Å². The first-order valence-electron chi connectivity index (χ1n) is 2.98. The van der Waals surface area contributed by atoms with Gasteiger partial charge in [-0.2, -0.15) is 0 Å². The maximum absolute atomic E-state index is 3.31. The molecule has 0 spiro atoms. The van der Waals surface area contributed by atoms with E-state index >= 15 is 0 Å². The Morgan fingerprint density at radius 1 is 1.38 bits per heavy atom. The third-order valence-electron chi connectivity index (χ3n) is 0.863. The van der Waals surface area contributed by atoms with Crippen molar-refractivity contribution < 1.29 is 0 Å². The lowest BCUT2D eigenvalue weighted by molar-refractivity contribution is 0.663. The molecule has 0 radical (unpaired) electrons. The highest BCUT2D eigenvalue weighted by Crippen LogP contribution is 1.99.